The molecule has 1 N–H and O–H groups in total. The fourth-order valence-electron chi connectivity index (χ4n) is 5.03. The van der Waals surface area contributed by atoms with Gasteiger partial charge in [-0.2, -0.15) is 5.10 Å². The van der Waals surface area contributed by atoms with Crippen LogP contribution >= 0.6 is 0 Å². The van der Waals surface area contributed by atoms with Gasteiger partial charge in [-0.1, -0.05) is 0 Å². The van der Waals surface area contributed by atoms with Gasteiger partial charge in [0.25, 0.3) is 0 Å². The van der Waals surface area contributed by atoms with Gasteiger partial charge < -0.3 is 15.1 Å². The number of nitrogens with zero attached hydrogens (tertiary/aromatic N) is 5. The van der Waals surface area contributed by atoms with Crippen molar-refractivity contribution in [1.82, 2.24) is 29.8 Å². The van der Waals surface area contributed by atoms with Crippen molar-refractivity contribution in [2.24, 2.45) is 24.3 Å². The number of carbonyl (C=O) groups excluding carboxylic acids is 2. The first-order chi connectivity index (χ1) is 13.9. The highest BCUT2D eigenvalue weighted by atomic mass is 16.2. The Kier molecular flexibility index (Phi) is 5.55. The standard InChI is InChI=1S/C21H34N6O2/c1-24(2)20(29)27-8-4-7-21(19(28)22-9-16-5-6-16)15-26(13-18(21)14-27)12-17-10-23-25(3)11-17/h10-11,16,18H,4-9,12-15H2,1-3H3,(H,22,28)/t18-,21-/m0/s1. The van der Waals surface area contributed by atoms with Gasteiger partial charge in [-0.05, 0) is 31.6 Å². The van der Waals surface area contributed by atoms with Crippen LogP contribution in [0.3, 0.4) is 0 Å². The highest BCUT2D eigenvalue weighted by Gasteiger charge is 2.53. The van der Waals surface area contributed by atoms with Crippen LogP contribution in [0, 0.1) is 17.3 Å². The molecule has 2 atom stereocenters. The molecule has 0 aromatic carbocycles. The van der Waals surface area contributed by atoms with Gasteiger partial charge in [0.2, 0.25) is 5.91 Å². The normalized spacial score (nSPS) is 27.4. The van der Waals surface area contributed by atoms with Crippen molar-refractivity contribution >= 4 is 11.9 Å². The summed E-state index contributed by atoms with van der Waals surface area (Å²) in [5, 5.41) is 7.54. The maximum Gasteiger partial charge on any atom is 0.319 e. The summed E-state index contributed by atoms with van der Waals surface area (Å²) in [5.74, 6) is 1.02. The lowest BCUT2D eigenvalue weighted by molar-refractivity contribution is -0.133. The van der Waals surface area contributed by atoms with Crippen LogP contribution in [0.5, 0.6) is 0 Å². The Labute approximate surface area is 173 Å². The van der Waals surface area contributed by atoms with Crippen LogP contribution in [0.15, 0.2) is 12.4 Å². The van der Waals surface area contributed by atoms with Crippen LogP contribution in [-0.4, -0.2) is 83.2 Å². The molecule has 0 spiro atoms. The molecule has 29 heavy (non-hydrogen) atoms. The summed E-state index contributed by atoms with van der Waals surface area (Å²) < 4.78 is 1.82. The summed E-state index contributed by atoms with van der Waals surface area (Å²) in [4.78, 5) is 32.0. The minimum Gasteiger partial charge on any atom is -0.355 e. The maximum atomic E-state index is 13.4. The summed E-state index contributed by atoms with van der Waals surface area (Å²) in [6, 6.07) is 0.0462. The summed E-state index contributed by atoms with van der Waals surface area (Å²) >= 11 is 0. The van der Waals surface area contributed by atoms with E-state index in [1.54, 1.807) is 19.0 Å². The van der Waals surface area contributed by atoms with Crippen molar-refractivity contribution in [2.75, 3.05) is 46.8 Å². The molecule has 8 heteroatoms. The Balaban J connectivity index is 1.53. The number of hydrogen-bond acceptors (Lipinski definition) is 4. The van der Waals surface area contributed by atoms with E-state index in [1.165, 1.54) is 18.4 Å². The molecule has 2 aliphatic heterocycles. The molecule has 1 saturated carbocycles. The molecule has 2 saturated heterocycles. The van der Waals surface area contributed by atoms with Crippen molar-refractivity contribution in [3.05, 3.63) is 18.0 Å². The number of likely N-dealkylation sites (tertiary alicyclic amines) is 2. The van der Waals surface area contributed by atoms with Gasteiger partial charge in [-0.15, -0.1) is 0 Å². The Morgan fingerprint density at radius 1 is 1.31 bits per heavy atom. The molecule has 0 bridgehead atoms. The van der Waals surface area contributed by atoms with Crippen molar-refractivity contribution < 1.29 is 9.59 Å². The highest BCUT2D eigenvalue weighted by Crippen LogP contribution is 2.43. The number of aryl methyl sites for hydroxylation is 1. The number of hydrogen-bond donors (Lipinski definition) is 1. The maximum absolute atomic E-state index is 13.4. The van der Waals surface area contributed by atoms with E-state index in [9.17, 15) is 9.59 Å². The monoisotopic (exact) mass is 402 g/mol. The molecule has 3 fully saturated rings. The smallest absolute Gasteiger partial charge is 0.319 e. The fourth-order valence-corrected chi connectivity index (χ4v) is 5.03. The average molecular weight is 403 g/mol. The van der Waals surface area contributed by atoms with Crippen molar-refractivity contribution in [3.63, 3.8) is 0 Å². The number of amides is 3. The van der Waals surface area contributed by atoms with Crippen LogP contribution < -0.4 is 5.32 Å². The summed E-state index contributed by atoms with van der Waals surface area (Å²) in [7, 11) is 5.52. The van der Waals surface area contributed by atoms with Gasteiger partial charge in [0.15, 0.2) is 0 Å². The number of nitrogens with one attached hydrogen (secondary N) is 1. The number of urea groups is 1. The summed E-state index contributed by atoms with van der Waals surface area (Å²) in [5.41, 5.74) is 0.761. The molecule has 1 aromatic heterocycles. The minimum atomic E-state index is -0.404. The number of fused-ring (bicyclic) bond motifs is 1. The van der Waals surface area contributed by atoms with Crippen LogP contribution in [-0.2, 0) is 18.4 Å². The Morgan fingerprint density at radius 3 is 2.76 bits per heavy atom. The van der Waals surface area contributed by atoms with Gasteiger partial charge in [-0.3, -0.25) is 14.4 Å². The first-order valence-electron chi connectivity index (χ1n) is 10.8. The summed E-state index contributed by atoms with van der Waals surface area (Å²) in [6.45, 7) is 4.57. The zero-order chi connectivity index (χ0) is 20.6. The lowest BCUT2D eigenvalue weighted by Gasteiger charge is -2.33. The SMILES string of the molecule is CN(C)C(=O)N1CCC[C@]2(C(=O)NCC3CC3)CN(Cc3cnn(C)c3)C[C@H]2C1. The van der Waals surface area contributed by atoms with E-state index < -0.39 is 5.41 Å². The molecule has 3 aliphatic rings. The summed E-state index contributed by atoms with van der Waals surface area (Å²) in [6.07, 6.45) is 8.11. The number of aromatic nitrogens is 2. The lowest BCUT2D eigenvalue weighted by Crippen LogP contribution is -2.49. The van der Waals surface area contributed by atoms with E-state index in [0.29, 0.717) is 12.5 Å². The Hall–Kier alpha value is -2.09. The molecule has 1 aliphatic carbocycles. The molecular formula is C21H34N6O2. The molecule has 0 unspecified atom stereocenters. The van der Waals surface area contributed by atoms with E-state index in [2.05, 4.69) is 15.3 Å². The fraction of sp³-hybridized carbons (Fsp3) is 0.762. The zero-order valence-corrected chi connectivity index (χ0v) is 17.9. The largest absolute Gasteiger partial charge is 0.355 e. The molecule has 160 valence electrons. The molecule has 8 nitrogen and oxygen atoms in total. The van der Waals surface area contributed by atoms with Crippen LogP contribution in [0.4, 0.5) is 4.79 Å². The van der Waals surface area contributed by atoms with Crippen molar-refractivity contribution in [1.29, 1.82) is 0 Å². The lowest BCUT2D eigenvalue weighted by atomic mass is 9.74. The van der Waals surface area contributed by atoms with Gasteiger partial charge in [0.05, 0.1) is 11.6 Å². The predicted molar refractivity (Wildman–Crippen MR) is 110 cm³/mol. The second-order valence-electron chi connectivity index (χ2n) is 9.42. The number of rotatable bonds is 5. The Bertz CT molecular complexity index is 758. The van der Waals surface area contributed by atoms with E-state index in [1.807, 2.05) is 29.0 Å². The van der Waals surface area contributed by atoms with Gasteiger partial charge in [0, 0.05) is 78.1 Å². The third-order valence-electron chi connectivity index (χ3n) is 6.78. The van der Waals surface area contributed by atoms with Gasteiger partial charge in [0.1, 0.15) is 0 Å². The third kappa shape index (κ3) is 4.27. The minimum absolute atomic E-state index is 0.0462. The molecule has 3 heterocycles. The van der Waals surface area contributed by atoms with Gasteiger partial charge in [-0.25, -0.2) is 4.79 Å². The van der Waals surface area contributed by atoms with Crippen molar-refractivity contribution in [2.45, 2.75) is 32.2 Å². The second-order valence-corrected chi connectivity index (χ2v) is 9.42. The molecule has 4 rings (SSSR count). The molecule has 1 aromatic rings. The molecule has 3 amide bonds. The van der Waals surface area contributed by atoms with E-state index in [-0.39, 0.29) is 17.9 Å². The van der Waals surface area contributed by atoms with E-state index in [4.69, 9.17) is 0 Å². The van der Waals surface area contributed by atoms with Crippen LogP contribution in [0.1, 0.15) is 31.2 Å². The van der Waals surface area contributed by atoms with Gasteiger partial charge >= 0.3 is 6.03 Å². The second kappa shape index (κ2) is 7.97. The average Bonchev–Trinajstić information content (AvgIpc) is 3.38. The first-order valence-corrected chi connectivity index (χ1v) is 10.8. The zero-order valence-electron chi connectivity index (χ0n) is 17.9. The quantitative estimate of drug-likeness (QED) is 0.802. The van der Waals surface area contributed by atoms with E-state index >= 15 is 0 Å². The molecular weight excluding hydrogens is 368 g/mol. The first kappa shape index (κ1) is 20.2. The molecule has 0 radical (unpaired) electrons. The highest BCUT2D eigenvalue weighted by molar-refractivity contribution is 5.84. The van der Waals surface area contributed by atoms with E-state index in [0.717, 1.165) is 45.6 Å². The predicted octanol–water partition coefficient (Wildman–Crippen LogP) is 1.14. The third-order valence-corrected chi connectivity index (χ3v) is 6.78. The Morgan fingerprint density at radius 2 is 2.10 bits per heavy atom. The van der Waals surface area contributed by atoms with Crippen LogP contribution in [0.2, 0.25) is 0 Å². The number of carbonyl (C=O) groups is 2. The van der Waals surface area contributed by atoms with Crippen molar-refractivity contribution in [3.8, 4) is 0 Å². The van der Waals surface area contributed by atoms with Crippen LogP contribution in [0.25, 0.3) is 0 Å². The topological polar surface area (TPSA) is 73.7 Å².